The molecule has 0 N–H and O–H groups in total. The van der Waals surface area contributed by atoms with Gasteiger partial charge in [-0.2, -0.15) is 0 Å². The summed E-state index contributed by atoms with van der Waals surface area (Å²) in [5.74, 6) is 0.230. The maximum absolute atomic E-state index is 11.5. The van der Waals surface area contributed by atoms with E-state index >= 15 is 0 Å². The first kappa shape index (κ1) is 16.1. The van der Waals surface area contributed by atoms with Gasteiger partial charge >= 0.3 is 0 Å². The van der Waals surface area contributed by atoms with E-state index in [-0.39, 0.29) is 18.0 Å². The van der Waals surface area contributed by atoms with Crippen molar-refractivity contribution in [1.82, 2.24) is 0 Å². The predicted molar refractivity (Wildman–Crippen MR) is 72.1 cm³/mol. The van der Waals surface area contributed by atoms with Crippen LogP contribution in [-0.4, -0.2) is 11.6 Å². The van der Waals surface area contributed by atoms with E-state index in [9.17, 15) is 9.59 Å². The average molecular weight is 238 g/mol. The van der Waals surface area contributed by atoms with Crippen LogP contribution in [-0.2, 0) is 9.59 Å². The molecule has 0 aliphatic heterocycles. The molecule has 98 valence electrons. The van der Waals surface area contributed by atoms with E-state index in [1.54, 1.807) is 0 Å². The molecular formula is C15H26O2. The van der Waals surface area contributed by atoms with Crippen LogP contribution in [0, 0.1) is 0 Å². The van der Waals surface area contributed by atoms with Crippen molar-refractivity contribution in [1.29, 1.82) is 0 Å². The smallest absolute Gasteiger partial charge is 0.140 e. The SMILES string of the molecule is CC/C=C/CCCCC(=O)CC(=O)CCCC. The second-order valence-electron chi connectivity index (χ2n) is 4.48. The fraction of sp³-hybridized carbons (Fsp3) is 0.733. The van der Waals surface area contributed by atoms with Gasteiger partial charge in [0.25, 0.3) is 0 Å². The summed E-state index contributed by atoms with van der Waals surface area (Å²) in [4.78, 5) is 22.8. The van der Waals surface area contributed by atoms with E-state index in [1.807, 2.05) is 0 Å². The number of rotatable bonds is 11. The molecule has 0 bridgehead atoms. The zero-order valence-electron chi connectivity index (χ0n) is 11.3. The highest BCUT2D eigenvalue weighted by atomic mass is 16.1. The second-order valence-corrected chi connectivity index (χ2v) is 4.48. The van der Waals surface area contributed by atoms with Crippen LogP contribution in [0.2, 0.25) is 0 Å². The zero-order chi connectivity index (χ0) is 12.9. The summed E-state index contributed by atoms with van der Waals surface area (Å²) in [6.07, 6.45) is 11.6. The quantitative estimate of drug-likeness (QED) is 0.306. The van der Waals surface area contributed by atoms with Gasteiger partial charge in [-0.3, -0.25) is 9.59 Å². The molecule has 0 aromatic rings. The maximum atomic E-state index is 11.5. The third kappa shape index (κ3) is 11.3. The van der Waals surface area contributed by atoms with E-state index in [1.165, 1.54) is 0 Å². The first-order chi connectivity index (χ1) is 8.20. The molecule has 2 nitrogen and oxygen atoms in total. The third-order valence-corrected chi connectivity index (χ3v) is 2.68. The Balaban J connectivity index is 3.46. The van der Waals surface area contributed by atoms with Crippen molar-refractivity contribution in [2.45, 2.75) is 71.6 Å². The van der Waals surface area contributed by atoms with Crippen LogP contribution >= 0.6 is 0 Å². The Kier molecular flexibility index (Phi) is 10.9. The van der Waals surface area contributed by atoms with E-state index < -0.39 is 0 Å². The third-order valence-electron chi connectivity index (χ3n) is 2.68. The number of ketones is 2. The molecule has 0 aromatic carbocycles. The molecule has 0 atom stereocenters. The molecule has 0 heterocycles. The van der Waals surface area contributed by atoms with Crippen molar-refractivity contribution < 1.29 is 9.59 Å². The summed E-state index contributed by atoms with van der Waals surface area (Å²) < 4.78 is 0. The van der Waals surface area contributed by atoms with Gasteiger partial charge in [0.1, 0.15) is 11.6 Å². The largest absolute Gasteiger partial charge is 0.299 e. The summed E-state index contributed by atoms with van der Waals surface area (Å²) in [6, 6.07) is 0. The van der Waals surface area contributed by atoms with Gasteiger partial charge in [0.15, 0.2) is 0 Å². The number of allylic oxidation sites excluding steroid dienone is 2. The molecule has 0 aromatic heterocycles. The van der Waals surface area contributed by atoms with Crippen LogP contribution in [0.1, 0.15) is 71.6 Å². The fourth-order valence-corrected chi connectivity index (χ4v) is 1.64. The average Bonchev–Trinajstić information content (AvgIpc) is 2.31. The van der Waals surface area contributed by atoms with Crippen molar-refractivity contribution in [2.24, 2.45) is 0 Å². The standard InChI is InChI=1S/C15H26O2/c1-3-5-7-8-9-10-12-15(17)13-14(16)11-6-4-2/h5,7H,3-4,6,8-13H2,1-2H3/b7-5+. The number of carbonyl (C=O) groups excluding carboxylic acids is 2. The molecule has 0 fully saturated rings. The van der Waals surface area contributed by atoms with Crippen LogP contribution in [0.3, 0.4) is 0 Å². The minimum absolute atomic E-state index is 0.114. The Hall–Kier alpha value is -0.920. The van der Waals surface area contributed by atoms with Crippen LogP contribution < -0.4 is 0 Å². The van der Waals surface area contributed by atoms with E-state index in [0.29, 0.717) is 12.8 Å². The van der Waals surface area contributed by atoms with Gasteiger partial charge in [-0.05, 0) is 32.1 Å². The Labute approximate surface area is 105 Å². The highest BCUT2D eigenvalue weighted by Crippen LogP contribution is 2.06. The topological polar surface area (TPSA) is 34.1 Å². The molecule has 17 heavy (non-hydrogen) atoms. The van der Waals surface area contributed by atoms with Crippen LogP contribution in [0.15, 0.2) is 12.2 Å². The first-order valence-electron chi connectivity index (χ1n) is 6.89. The molecule has 0 unspecified atom stereocenters. The number of hydrogen-bond acceptors (Lipinski definition) is 2. The molecule has 0 saturated carbocycles. The second kappa shape index (κ2) is 11.6. The van der Waals surface area contributed by atoms with E-state index in [0.717, 1.165) is 38.5 Å². The summed E-state index contributed by atoms with van der Waals surface area (Å²) in [6.45, 7) is 4.17. The Morgan fingerprint density at radius 3 is 2.12 bits per heavy atom. The minimum atomic E-state index is 0.114. The molecule has 0 saturated heterocycles. The maximum Gasteiger partial charge on any atom is 0.140 e. The normalized spacial score (nSPS) is 10.9. The fourth-order valence-electron chi connectivity index (χ4n) is 1.64. The summed E-state index contributed by atoms with van der Waals surface area (Å²) in [5, 5.41) is 0. The number of unbranched alkanes of at least 4 members (excludes halogenated alkanes) is 3. The molecule has 2 heteroatoms. The summed E-state index contributed by atoms with van der Waals surface area (Å²) in [7, 11) is 0. The summed E-state index contributed by atoms with van der Waals surface area (Å²) >= 11 is 0. The van der Waals surface area contributed by atoms with Gasteiger partial charge in [0, 0.05) is 12.8 Å². The van der Waals surface area contributed by atoms with Crippen molar-refractivity contribution >= 4 is 11.6 Å². The number of carbonyl (C=O) groups is 2. The van der Waals surface area contributed by atoms with Gasteiger partial charge in [0.2, 0.25) is 0 Å². The van der Waals surface area contributed by atoms with Crippen molar-refractivity contribution in [2.75, 3.05) is 0 Å². The number of hydrogen-bond donors (Lipinski definition) is 0. The lowest BCUT2D eigenvalue weighted by molar-refractivity contribution is -0.127. The van der Waals surface area contributed by atoms with Crippen molar-refractivity contribution in [3.05, 3.63) is 12.2 Å². The highest BCUT2D eigenvalue weighted by Gasteiger charge is 2.08. The molecule has 0 spiro atoms. The van der Waals surface area contributed by atoms with Crippen molar-refractivity contribution in [3.8, 4) is 0 Å². The van der Waals surface area contributed by atoms with Gasteiger partial charge in [0.05, 0.1) is 6.42 Å². The Bertz CT molecular complexity index is 241. The molecule has 0 radical (unpaired) electrons. The molecule has 0 aliphatic rings. The van der Waals surface area contributed by atoms with Crippen LogP contribution in [0.5, 0.6) is 0 Å². The zero-order valence-corrected chi connectivity index (χ0v) is 11.3. The molecule has 0 amide bonds. The Morgan fingerprint density at radius 1 is 0.882 bits per heavy atom. The number of Topliss-reactive ketones (excluding diaryl/α,β-unsaturated/α-hetero) is 2. The van der Waals surface area contributed by atoms with Crippen molar-refractivity contribution in [3.63, 3.8) is 0 Å². The monoisotopic (exact) mass is 238 g/mol. The van der Waals surface area contributed by atoms with Crippen LogP contribution in [0.4, 0.5) is 0 Å². The molecule has 0 rings (SSSR count). The van der Waals surface area contributed by atoms with Gasteiger partial charge < -0.3 is 0 Å². The van der Waals surface area contributed by atoms with Crippen LogP contribution in [0.25, 0.3) is 0 Å². The minimum Gasteiger partial charge on any atom is -0.299 e. The lowest BCUT2D eigenvalue weighted by Gasteiger charge is -2.00. The van der Waals surface area contributed by atoms with Gasteiger partial charge in [-0.1, -0.05) is 32.4 Å². The Morgan fingerprint density at radius 2 is 1.53 bits per heavy atom. The lowest BCUT2D eigenvalue weighted by atomic mass is 10.0. The first-order valence-corrected chi connectivity index (χ1v) is 6.89. The molecular weight excluding hydrogens is 212 g/mol. The van der Waals surface area contributed by atoms with E-state index in [4.69, 9.17) is 0 Å². The van der Waals surface area contributed by atoms with Gasteiger partial charge in [-0.15, -0.1) is 0 Å². The molecule has 0 aliphatic carbocycles. The highest BCUT2D eigenvalue weighted by molar-refractivity contribution is 5.98. The van der Waals surface area contributed by atoms with Gasteiger partial charge in [-0.25, -0.2) is 0 Å². The lowest BCUT2D eigenvalue weighted by Crippen LogP contribution is -2.07. The predicted octanol–water partition coefficient (Wildman–Crippen LogP) is 4.23. The summed E-state index contributed by atoms with van der Waals surface area (Å²) in [5.41, 5.74) is 0. The van der Waals surface area contributed by atoms with E-state index in [2.05, 4.69) is 26.0 Å².